The average molecular weight is 319 g/mol. The highest BCUT2D eigenvalue weighted by atomic mass is 16.5. The Bertz CT molecular complexity index is 599. The van der Waals surface area contributed by atoms with Crippen LogP contribution in [-0.4, -0.2) is 48.7 Å². The number of benzene rings is 1. The predicted molar refractivity (Wildman–Crippen MR) is 84.9 cm³/mol. The van der Waals surface area contributed by atoms with Gasteiger partial charge < -0.3 is 19.5 Å². The van der Waals surface area contributed by atoms with E-state index in [4.69, 9.17) is 14.6 Å². The molecule has 0 bridgehead atoms. The molecule has 0 aliphatic carbocycles. The Kier molecular flexibility index (Phi) is 5.62. The first-order chi connectivity index (χ1) is 11.1. The average Bonchev–Trinajstić information content (AvgIpc) is 2.59. The van der Waals surface area contributed by atoms with Crippen LogP contribution < -0.4 is 9.47 Å². The number of methoxy groups -OCH3 is 1. The van der Waals surface area contributed by atoms with Crippen molar-refractivity contribution in [1.82, 2.24) is 4.90 Å². The fourth-order valence-electron chi connectivity index (χ4n) is 2.61. The fourth-order valence-corrected chi connectivity index (χ4v) is 2.61. The zero-order valence-corrected chi connectivity index (χ0v) is 13.2. The molecule has 23 heavy (non-hydrogen) atoms. The molecule has 1 fully saturated rings. The van der Waals surface area contributed by atoms with Gasteiger partial charge in [-0.2, -0.15) is 0 Å². The summed E-state index contributed by atoms with van der Waals surface area (Å²) in [6, 6.07) is 4.95. The Morgan fingerprint density at radius 3 is 2.87 bits per heavy atom. The van der Waals surface area contributed by atoms with Crippen molar-refractivity contribution in [2.24, 2.45) is 5.92 Å². The Hall–Kier alpha value is -2.50. The van der Waals surface area contributed by atoms with Gasteiger partial charge in [-0.3, -0.25) is 9.59 Å². The first kappa shape index (κ1) is 16.9. The van der Waals surface area contributed by atoms with Crippen LogP contribution in [0.25, 0.3) is 0 Å². The number of hydrogen-bond acceptors (Lipinski definition) is 4. The molecule has 6 nitrogen and oxygen atoms in total. The van der Waals surface area contributed by atoms with Crippen LogP contribution in [0.3, 0.4) is 0 Å². The van der Waals surface area contributed by atoms with Gasteiger partial charge in [-0.05, 0) is 31.0 Å². The Morgan fingerprint density at radius 1 is 1.43 bits per heavy atom. The van der Waals surface area contributed by atoms with Crippen molar-refractivity contribution in [1.29, 1.82) is 0 Å². The Morgan fingerprint density at radius 2 is 2.22 bits per heavy atom. The first-order valence-electron chi connectivity index (χ1n) is 7.50. The number of carboxylic acid groups (broad SMARTS) is 1. The summed E-state index contributed by atoms with van der Waals surface area (Å²) in [6.07, 6.45) is 2.93. The molecule has 6 heteroatoms. The van der Waals surface area contributed by atoms with Gasteiger partial charge in [0, 0.05) is 18.7 Å². The number of ether oxygens (including phenoxy) is 2. The molecular formula is C17H21NO5. The molecule has 0 spiro atoms. The number of rotatable bonds is 6. The van der Waals surface area contributed by atoms with E-state index in [-0.39, 0.29) is 12.5 Å². The summed E-state index contributed by atoms with van der Waals surface area (Å²) in [5.74, 6) is -0.543. The number of carbonyl (C=O) groups is 2. The van der Waals surface area contributed by atoms with E-state index < -0.39 is 11.9 Å². The SMILES string of the molecule is C=CCOc1ccc(C(=O)N2CCC[C@@H](C(=O)O)C2)cc1OC. The van der Waals surface area contributed by atoms with Crippen LogP contribution in [0.4, 0.5) is 0 Å². The van der Waals surface area contributed by atoms with E-state index in [1.165, 1.54) is 7.11 Å². The molecule has 1 aromatic rings. The van der Waals surface area contributed by atoms with Crippen molar-refractivity contribution in [3.8, 4) is 11.5 Å². The summed E-state index contributed by atoms with van der Waals surface area (Å²) in [7, 11) is 1.51. The van der Waals surface area contributed by atoms with Crippen LogP contribution in [-0.2, 0) is 4.79 Å². The van der Waals surface area contributed by atoms with Gasteiger partial charge in [-0.1, -0.05) is 12.7 Å². The molecule has 124 valence electrons. The predicted octanol–water partition coefficient (Wildman–Crippen LogP) is 2.20. The lowest BCUT2D eigenvalue weighted by atomic mass is 9.97. The Balaban J connectivity index is 2.15. The maximum absolute atomic E-state index is 12.6. The number of carbonyl (C=O) groups excluding carboxylic acids is 1. The lowest BCUT2D eigenvalue weighted by Crippen LogP contribution is -2.42. The molecule has 0 unspecified atom stereocenters. The maximum atomic E-state index is 12.6. The smallest absolute Gasteiger partial charge is 0.308 e. The van der Waals surface area contributed by atoms with Gasteiger partial charge in [-0.25, -0.2) is 0 Å². The quantitative estimate of drug-likeness (QED) is 0.814. The number of likely N-dealkylation sites (tertiary alicyclic amines) is 1. The number of aliphatic carboxylic acids is 1. The van der Waals surface area contributed by atoms with E-state index in [9.17, 15) is 9.59 Å². The normalized spacial score (nSPS) is 17.4. The minimum absolute atomic E-state index is 0.190. The number of piperidine rings is 1. The monoisotopic (exact) mass is 319 g/mol. The second-order valence-electron chi connectivity index (χ2n) is 5.39. The third-order valence-corrected chi connectivity index (χ3v) is 3.83. The van der Waals surface area contributed by atoms with Gasteiger partial charge in [0.1, 0.15) is 6.61 Å². The molecule has 0 radical (unpaired) electrons. The maximum Gasteiger partial charge on any atom is 0.308 e. The number of carboxylic acids is 1. The third-order valence-electron chi connectivity index (χ3n) is 3.83. The molecular weight excluding hydrogens is 298 g/mol. The van der Waals surface area contributed by atoms with E-state index in [2.05, 4.69) is 6.58 Å². The number of amides is 1. The molecule has 0 aromatic heterocycles. The minimum atomic E-state index is -0.853. The van der Waals surface area contributed by atoms with Crippen molar-refractivity contribution in [2.75, 3.05) is 26.8 Å². The van der Waals surface area contributed by atoms with Crippen molar-refractivity contribution >= 4 is 11.9 Å². The van der Waals surface area contributed by atoms with Crippen LogP contribution in [0.2, 0.25) is 0 Å². The van der Waals surface area contributed by atoms with E-state index in [0.717, 1.165) is 0 Å². The highest BCUT2D eigenvalue weighted by Crippen LogP contribution is 2.29. The molecule has 1 heterocycles. The zero-order chi connectivity index (χ0) is 16.8. The Labute approximate surface area is 135 Å². The summed E-state index contributed by atoms with van der Waals surface area (Å²) < 4.78 is 10.7. The highest BCUT2D eigenvalue weighted by molar-refractivity contribution is 5.95. The largest absolute Gasteiger partial charge is 0.493 e. The summed E-state index contributed by atoms with van der Waals surface area (Å²) >= 11 is 0. The van der Waals surface area contributed by atoms with Crippen LogP contribution in [0, 0.1) is 5.92 Å². The van der Waals surface area contributed by atoms with Crippen molar-refractivity contribution in [3.63, 3.8) is 0 Å². The summed E-state index contributed by atoms with van der Waals surface area (Å²) in [5, 5.41) is 9.13. The zero-order valence-electron chi connectivity index (χ0n) is 13.2. The van der Waals surface area contributed by atoms with Crippen LogP contribution in [0.15, 0.2) is 30.9 Å². The molecule has 1 N–H and O–H groups in total. The molecule has 1 aliphatic rings. The molecule has 1 saturated heterocycles. The third kappa shape index (κ3) is 4.03. The lowest BCUT2D eigenvalue weighted by Gasteiger charge is -2.30. The van der Waals surface area contributed by atoms with Crippen LogP contribution in [0.5, 0.6) is 11.5 Å². The number of nitrogens with zero attached hydrogens (tertiary/aromatic N) is 1. The van der Waals surface area contributed by atoms with Gasteiger partial charge in [-0.15, -0.1) is 0 Å². The fraction of sp³-hybridized carbons (Fsp3) is 0.412. The van der Waals surface area contributed by atoms with Crippen LogP contribution >= 0.6 is 0 Å². The first-order valence-corrected chi connectivity index (χ1v) is 7.50. The van der Waals surface area contributed by atoms with E-state index in [0.29, 0.717) is 43.1 Å². The van der Waals surface area contributed by atoms with Gasteiger partial charge in [0.15, 0.2) is 11.5 Å². The van der Waals surface area contributed by atoms with Crippen molar-refractivity contribution in [2.45, 2.75) is 12.8 Å². The lowest BCUT2D eigenvalue weighted by molar-refractivity contribution is -0.143. The van der Waals surface area contributed by atoms with E-state index in [1.54, 1.807) is 29.2 Å². The molecule has 1 aromatic carbocycles. The van der Waals surface area contributed by atoms with Gasteiger partial charge in [0.05, 0.1) is 13.0 Å². The number of hydrogen-bond donors (Lipinski definition) is 1. The highest BCUT2D eigenvalue weighted by Gasteiger charge is 2.29. The summed E-state index contributed by atoms with van der Waals surface area (Å²) in [6.45, 7) is 4.74. The summed E-state index contributed by atoms with van der Waals surface area (Å²) in [4.78, 5) is 25.3. The molecule has 0 saturated carbocycles. The molecule has 1 amide bonds. The molecule has 1 aliphatic heterocycles. The van der Waals surface area contributed by atoms with Gasteiger partial charge in [0.2, 0.25) is 0 Å². The van der Waals surface area contributed by atoms with Crippen LogP contribution in [0.1, 0.15) is 23.2 Å². The molecule has 2 rings (SSSR count). The van der Waals surface area contributed by atoms with Crippen molar-refractivity contribution in [3.05, 3.63) is 36.4 Å². The second kappa shape index (κ2) is 7.67. The minimum Gasteiger partial charge on any atom is -0.493 e. The van der Waals surface area contributed by atoms with E-state index in [1.807, 2.05) is 0 Å². The van der Waals surface area contributed by atoms with Gasteiger partial charge in [0.25, 0.3) is 5.91 Å². The summed E-state index contributed by atoms with van der Waals surface area (Å²) in [5.41, 5.74) is 0.457. The standard InChI is InChI=1S/C17H21NO5/c1-3-9-23-14-7-6-12(10-15(14)22-2)16(19)18-8-4-5-13(11-18)17(20)21/h3,6-7,10,13H,1,4-5,8-9,11H2,2H3,(H,20,21)/t13-/m1/s1. The van der Waals surface area contributed by atoms with Crippen molar-refractivity contribution < 1.29 is 24.2 Å². The second-order valence-corrected chi connectivity index (χ2v) is 5.39. The van der Waals surface area contributed by atoms with E-state index >= 15 is 0 Å². The van der Waals surface area contributed by atoms with Gasteiger partial charge >= 0.3 is 5.97 Å². The topological polar surface area (TPSA) is 76.1 Å². The molecule has 1 atom stereocenters.